The maximum atomic E-state index is 11.0. The van der Waals surface area contributed by atoms with Gasteiger partial charge in [-0.05, 0) is 13.8 Å². The molecular formula is C6H11O6P. The van der Waals surface area contributed by atoms with Gasteiger partial charge in [0.05, 0.1) is 13.2 Å². The summed E-state index contributed by atoms with van der Waals surface area (Å²) in [5, 5.41) is 0. The zero-order valence-corrected chi connectivity index (χ0v) is 8.24. The molecule has 0 aromatic carbocycles. The quantitative estimate of drug-likeness (QED) is 0.708. The predicted molar refractivity (Wildman–Crippen MR) is 43.9 cm³/mol. The number of hydrogen-bond acceptors (Lipinski definition) is 5. The first kappa shape index (κ1) is 12.1. The van der Waals surface area contributed by atoms with Gasteiger partial charge in [-0.2, -0.15) is 0 Å². The maximum Gasteiger partial charge on any atom is 0.411 e. The molecule has 0 unspecified atom stereocenters. The van der Waals surface area contributed by atoms with E-state index >= 15 is 0 Å². The number of hydrogen-bond donors (Lipinski definition) is 1. The Morgan fingerprint density at radius 2 is 1.46 bits per heavy atom. The first-order valence-electron chi connectivity index (χ1n) is 3.64. The Balaban J connectivity index is 4.46. The molecule has 0 spiro atoms. The molecule has 0 aromatic rings. The minimum atomic E-state index is -4.63. The van der Waals surface area contributed by atoms with Crippen molar-refractivity contribution in [1.29, 1.82) is 0 Å². The minimum absolute atomic E-state index is 0.0667. The van der Waals surface area contributed by atoms with Crippen LogP contribution in [0.25, 0.3) is 0 Å². The van der Waals surface area contributed by atoms with Crippen molar-refractivity contribution in [2.45, 2.75) is 13.8 Å². The van der Waals surface area contributed by atoms with E-state index in [1.54, 1.807) is 0 Å². The van der Waals surface area contributed by atoms with Crippen molar-refractivity contribution in [3.8, 4) is 0 Å². The van der Waals surface area contributed by atoms with Crippen LogP contribution in [0.2, 0.25) is 0 Å². The fourth-order valence-corrected chi connectivity index (χ4v) is 1.25. The molecular weight excluding hydrogens is 199 g/mol. The van der Waals surface area contributed by atoms with Crippen molar-refractivity contribution in [2.75, 3.05) is 13.2 Å². The molecule has 0 atom stereocenters. The van der Waals surface area contributed by atoms with Crippen molar-refractivity contribution in [2.24, 2.45) is 0 Å². The van der Waals surface area contributed by atoms with Crippen LogP contribution in [0.5, 0.6) is 0 Å². The Kier molecular flexibility index (Phi) is 4.66. The summed E-state index contributed by atoms with van der Waals surface area (Å²) in [6.45, 7) is 2.79. The normalized spacial score (nSPS) is 10.7. The summed E-state index contributed by atoms with van der Waals surface area (Å²) >= 11 is 0. The van der Waals surface area contributed by atoms with Crippen LogP contribution in [0.3, 0.4) is 0 Å². The molecule has 0 saturated heterocycles. The molecule has 0 aliphatic heterocycles. The molecule has 0 saturated carbocycles. The van der Waals surface area contributed by atoms with Crippen molar-refractivity contribution in [3.05, 3.63) is 0 Å². The third-order valence-electron chi connectivity index (χ3n) is 1.03. The largest absolute Gasteiger partial charge is 0.458 e. The van der Waals surface area contributed by atoms with Gasteiger partial charge in [0.2, 0.25) is 0 Å². The Hall–Kier alpha value is -0.870. The summed E-state index contributed by atoms with van der Waals surface area (Å²) in [5.74, 6) is 0. The standard InChI is InChI=1S/C6H11O6P/c1-3-11-5(7)13(9,10)6(8)12-4-2/h3-4H2,1-2H3,(H,9,10). The molecule has 6 nitrogen and oxygen atoms in total. The highest BCUT2D eigenvalue weighted by Crippen LogP contribution is 2.44. The van der Waals surface area contributed by atoms with E-state index in [2.05, 4.69) is 9.47 Å². The van der Waals surface area contributed by atoms with Crippen LogP contribution < -0.4 is 0 Å². The third-order valence-corrected chi connectivity index (χ3v) is 2.28. The molecule has 0 radical (unpaired) electrons. The highest BCUT2D eigenvalue weighted by molar-refractivity contribution is 7.88. The van der Waals surface area contributed by atoms with Crippen molar-refractivity contribution >= 4 is 18.8 Å². The van der Waals surface area contributed by atoms with E-state index in [1.165, 1.54) is 13.8 Å². The molecule has 1 N–H and O–H groups in total. The van der Waals surface area contributed by atoms with Gasteiger partial charge >= 0.3 is 18.8 Å². The van der Waals surface area contributed by atoms with Crippen LogP contribution in [-0.2, 0) is 14.0 Å². The maximum absolute atomic E-state index is 11.0. The summed E-state index contributed by atoms with van der Waals surface area (Å²) in [4.78, 5) is 30.4. The van der Waals surface area contributed by atoms with Gasteiger partial charge in [0, 0.05) is 0 Å². The SMILES string of the molecule is CCOC(=O)P(=O)(O)C(=O)OCC. The molecule has 7 heteroatoms. The summed E-state index contributed by atoms with van der Waals surface area (Å²) in [6, 6.07) is 0. The molecule has 0 fully saturated rings. The fourth-order valence-electron chi connectivity index (χ4n) is 0.496. The molecule has 13 heavy (non-hydrogen) atoms. The lowest BCUT2D eigenvalue weighted by molar-refractivity contribution is 0.164. The van der Waals surface area contributed by atoms with Crippen LogP contribution >= 0.6 is 7.37 Å². The fraction of sp³-hybridized carbons (Fsp3) is 0.667. The highest BCUT2D eigenvalue weighted by Gasteiger charge is 2.41. The number of ether oxygens (including phenoxy) is 2. The molecule has 0 aliphatic rings. The monoisotopic (exact) mass is 210 g/mol. The topological polar surface area (TPSA) is 89.9 Å². The van der Waals surface area contributed by atoms with Crippen LogP contribution in [0.1, 0.15) is 13.8 Å². The first-order chi connectivity index (χ1) is 5.96. The second-order valence-electron chi connectivity index (χ2n) is 1.97. The van der Waals surface area contributed by atoms with Gasteiger partial charge in [-0.3, -0.25) is 4.57 Å². The Morgan fingerprint density at radius 1 is 1.15 bits per heavy atom. The molecule has 0 rings (SSSR count). The molecule has 0 heterocycles. The lowest BCUT2D eigenvalue weighted by atomic mass is 10.9. The molecule has 0 bridgehead atoms. The zero-order valence-electron chi connectivity index (χ0n) is 7.35. The van der Waals surface area contributed by atoms with Crippen molar-refractivity contribution in [3.63, 3.8) is 0 Å². The van der Waals surface area contributed by atoms with E-state index in [-0.39, 0.29) is 13.2 Å². The summed E-state index contributed by atoms with van der Waals surface area (Å²) in [6.07, 6.45) is 0. The average Bonchev–Trinajstić information content (AvgIpc) is 2.05. The van der Waals surface area contributed by atoms with E-state index in [4.69, 9.17) is 4.89 Å². The Morgan fingerprint density at radius 3 is 1.69 bits per heavy atom. The molecule has 0 aliphatic carbocycles. The first-order valence-corrected chi connectivity index (χ1v) is 5.30. The Bertz CT molecular complexity index is 226. The molecule has 0 amide bonds. The smallest absolute Gasteiger partial charge is 0.411 e. The number of rotatable bonds is 4. The van der Waals surface area contributed by atoms with Gasteiger partial charge in [0.15, 0.2) is 0 Å². The lowest BCUT2D eigenvalue weighted by Gasteiger charge is -2.07. The van der Waals surface area contributed by atoms with E-state index in [0.29, 0.717) is 0 Å². The van der Waals surface area contributed by atoms with Crippen molar-refractivity contribution < 1.29 is 28.5 Å². The van der Waals surface area contributed by atoms with Crippen molar-refractivity contribution in [1.82, 2.24) is 0 Å². The van der Waals surface area contributed by atoms with Gasteiger partial charge in [-0.25, -0.2) is 9.59 Å². The number of carbonyl (C=O) groups excluding carboxylic acids is 2. The lowest BCUT2D eigenvalue weighted by Crippen LogP contribution is -2.12. The Labute approximate surface area is 75.3 Å². The van der Waals surface area contributed by atoms with Gasteiger partial charge in [-0.15, -0.1) is 0 Å². The zero-order chi connectivity index (χ0) is 10.5. The van der Waals surface area contributed by atoms with E-state index in [0.717, 1.165) is 0 Å². The van der Waals surface area contributed by atoms with Crippen LogP contribution in [0.4, 0.5) is 9.59 Å². The average molecular weight is 210 g/mol. The van der Waals surface area contributed by atoms with E-state index in [9.17, 15) is 14.2 Å². The number of carbonyl (C=O) groups is 2. The second-order valence-corrected chi connectivity index (χ2v) is 3.86. The van der Waals surface area contributed by atoms with E-state index < -0.39 is 18.8 Å². The summed E-state index contributed by atoms with van der Waals surface area (Å²) in [5.41, 5.74) is -2.87. The molecule has 0 aromatic heterocycles. The summed E-state index contributed by atoms with van der Waals surface area (Å²) < 4.78 is 19.4. The van der Waals surface area contributed by atoms with Gasteiger partial charge < -0.3 is 14.4 Å². The second kappa shape index (κ2) is 4.99. The minimum Gasteiger partial charge on any atom is -0.458 e. The van der Waals surface area contributed by atoms with Gasteiger partial charge in [0.1, 0.15) is 0 Å². The third kappa shape index (κ3) is 3.16. The highest BCUT2D eigenvalue weighted by atomic mass is 31.2. The molecule has 76 valence electrons. The van der Waals surface area contributed by atoms with Crippen LogP contribution in [-0.4, -0.2) is 29.5 Å². The van der Waals surface area contributed by atoms with Gasteiger partial charge in [0.25, 0.3) is 0 Å². The van der Waals surface area contributed by atoms with Gasteiger partial charge in [-0.1, -0.05) is 0 Å². The van der Waals surface area contributed by atoms with Crippen LogP contribution in [0.15, 0.2) is 0 Å². The van der Waals surface area contributed by atoms with E-state index in [1.807, 2.05) is 0 Å². The summed E-state index contributed by atoms with van der Waals surface area (Å²) in [7, 11) is -4.63. The van der Waals surface area contributed by atoms with Crippen LogP contribution in [0, 0.1) is 0 Å². The predicted octanol–water partition coefficient (Wildman–Crippen LogP) is 1.57.